The molecule has 0 unspecified atom stereocenters. The first-order chi connectivity index (χ1) is 8.29. The van der Waals surface area contributed by atoms with Crippen molar-refractivity contribution in [2.75, 3.05) is 11.9 Å². The molecular formula is C14H13N3. The Hall–Kier alpha value is -2.34. The van der Waals surface area contributed by atoms with E-state index in [4.69, 9.17) is 5.26 Å². The van der Waals surface area contributed by atoms with Gasteiger partial charge in [-0.05, 0) is 30.3 Å². The average molecular weight is 223 g/mol. The second-order valence-electron chi connectivity index (χ2n) is 3.84. The van der Waals surface area contributed by atoms with Gasteiger partial charge in [-0.3, -0.25) is 4.98 Å². The molecule has 2 aromatic rings. The molecule has 0 aliphatic heterocycles. The highest BCUT2D eigenvalue weighted by Crippen LogP contribution is 2.16. The molecule has 0 saturated carbocycles. The maximum Gasteiger partial charge on any atom is 0.0992 e. The molecule has 0 saturated heterocycles. The Bertz CT molecular complexity index is 529. The van der Waals surface area contributed by atoms with Crippen LogP contribution in [0.4, 0.5) is 5.69 Å². The molecule has 0 radical (unpaired) electrons. The second-order valence-corrected chi connectivity index (χ2v) is 3.84. The largest absolute Gasteiger partial charge is 0.369 e. The molecule has 0 N–H and O–H groups in total. The van der Waals surface area contributed by atoms with Crippen LogP contribution in [0.3, 0.4) is 0 Å². The molecular weight excluding hydrogens is 210 g/mol. The molecule has 0 atom stereocenters. The van der Waals surface area contributed by atoms with Crippen LogP contribution in [0, 0.1) is 11.3 Å². The number of anilines is 1. The summed E-state index contributed by atoms with van der Waals surface area (Å²) in [5, 5.41) is 8.85. The van der Waals surface area contributed by atoms with Gasteiger partial charge in [0.25, 0.3) is 0 Å². The van der Waals surface area contributed by atoms with Gasteiger partial charge in [0.2, 0.25) is 0 Å². The van der Waals surface area contributed by atoms with Crippen LogP contribution < -0.4 is 4.90 Å². The van der Waals surface area contributed by atoms with Crippen LogP contribution in [0.15, 0.2) is 48.7 Å². The van der Waals surface area contributed by atoms with Crippen molar-refractivity contribution in [3.8, 4) is 6.07 Å². The minimum atomic E-state index is 0.676. The number of pyridine rings is 1. The summed E-state index contributed by atoms with van der Waals surface area (Å²) in [6.45, 7) is 0.732. The van der Waals surface area contributed by atoms with Gasteiger partial charge in [-0.25, -0.2) is 0 Å². The Morgan fingerprint density at radius 2 is 2.12 bits per heavy atom. The Morgan fingerprint density at radius 3 is 2.82 bits per heavy atom. The van der Waals surface area contributed by atoms with E-state index in [0.29, 0.717) is 5.56 Å². The smallest absolute Gasteiger partial charge is 0.0992 e. The summed E-state index contributed by atoms with van der Waals surface area (Å²) in [5.41, 5.74) is 2.71. The van der Waals surface area contributed by atoms with E-state index in [1.165, 1.54) is 0 Å². The maximum absolute atomic E-state index is 8.85. The first-order valence-electron chi connectivity index (χ1n) is 5.41. The topological polar surface area (TPSA) is 39.9 Å². The van der Waals surface area contributed by atoms with Gasteiger partial charge in [0.1, 0.15) is 0 Å². The summed E-state index contributed by atoms with van der Waals surface area (Å²) in [6, 6.07) is 15.6. The van der Waals surface area contributed by atoms with Gasteiger partial charge >= 0.3 is 0 Å². The molecule has 1 aromatic heterocycles. The van der Waals surface area contributed by atoms with Crippen LogP contribution in [-0.4, -0.2) is 12.0 Å². The van der Waals surface area contributed by atoms with E-state index in [1.54, 1.807) is 12.3 Å². The zero-order valence-corrected chi connectivity index (χ0v) is 9.67. The van der Waals surface area contributed by atoms with E-state index in [1.807, 2.05) is 43.4 Å². The number of hydrogen-bond acceptors (Lipinski definition) is 3. The number of nitriles is 1. The number of nitrogens with zero attached hydrogens (tertiary/aromatic N) is 3. The minimum Gasteiger partial charge on any atom is -0.369 e. The SMILES string of the molecule is CN(Cc1ccccn1)c1cccc(C#N)c1. The number of benzene rings is 1. The highest BCUT2D eigenvalue weighted by molar-refractivity contribution is 5.50. The summed E-state index contributed by atoms with van der Waals surface area (Å²) >= 11 is 0. The van der Waals surface area contributed by atoms with Crippen LogP contribution in [0.5, 0.6) is 0 Å². The zero-order valence-electron chi connectivity index (χ0n) is 9.67. The van der Waals surface area contributed by atoms with E-state index in [2.05, 4.69) is 16.0 Å². The highest BCUT2D eigenvalue weighted by atomic mass is 15.1. The van der Waals surface area contributed by atoms with E-state index < -0.39 is 0 Å². The Morgan fingerprint density at radius 1 is 1.24 bits per heavy atom. The first-order valence-corrected chi connectivity index (χ1v) is 5.41. The Labute approximate surface area is 101 Å². The van der Waals surface area contributed by atoms with Crippen LogP contribution in [0.2, 0.25) is 0 Å². The lowest BCUT2D eigenvalue weighted by atomic mass is 10.2. The van der Waals surface area contributed by atoms with Crippen LogP contribution in [0.1, 0.15) is 11.3 Å². The molecule has 3 nitrogen and oxygen atoms in total. The van der Waals surface area contributed by atoms with Gasteiger partial charge in [0.05, 0.1) is 23.9 Å². The van der Waals surface area contributed by atoms with Crippen molar-refractivity contribution in [1.29, 1.82) is 5.26 Å². The minimum absolute atomic E-state index is 0.676. The summed E-state index contributed by atoms with van der Waals surface area (Å²) in [5.74, 6) is 0. The van der Waals surface area contributed by atoms with Crippen molar-refractivity contribution in [1.82, 2.24) is 4.98 Å². The standard InChI is InChI=1S/C14H13N3/c1-17(11-13-6-2-3-8-16-13)14-7-4-5-12(9-14)10-15/h2-9H,11H2,1H3. The predicted octanol–water partition coefficient (Wildman–Crippen LogP) is 2.59. The van der Waals surface area contributed by atoms with Crippen LogP contribution in [-0.2, 0) is 6.54 Å². The fourth-order valence-corrected chi connectivity index (χ4v) is 1.64. The van der Waals surface area contributed by atoms with Gasteiger partial charge in [-0.2, -0.15) is 5.26 Å². The van der Waals surface area contributed by atoms with Crippen molar-refractivity contribution in [2.45, 2.75) is 6.54 Å². The third-order valence-corrected chi connectivity index (χ3v) is 2.54. The van der Waals surface area contributed by atoms with Crippen molar-refractivity contribution >= 4 is 5.69 Å². The molecule has 0 fully saturated rings. The summed E-state index contributed by atoms with van der Waals surface area (Å²) in [4.78, 5) is 6.35. The summed E-state index contributed by atoms with van der Waals surface area (Å²) in [7, 11) is 1.99. The molecule has 0 aliphatic carbocycles. The fraction of sp³-hybridized carbons (Fsp3) is 0.143. The molecule has 17 heavy (non-hydrogen) atoms. The third kappa shape index (κ3) is 2.82. The maximum atomic E-state index is 8.85. The second kappa shape index (κ2) is 5.13. The van der Waals surface area contributed by atoms with E-state index in [9.17, 15) is 0 Å². The molecule has 1 aromatic carbocycles. The van der Waals surface area contributed by atoms with Gasteiger partial charge in [0.15, 0.2) is 0 Å². The molecule has 0 spiro atoms. The van der Waals surface area contributed by atoms with E-state index >= 15 is 0 Å². The molecule has 0 bridgehead atoms. The molecule has 0 amide bonds. The van der Waals surface area contributed by atoms with Gasteiger partial charge in [-0.1, -0.05) is 12.1 Å². The monoisotopic (exact) mass is 223 g/mol. The van der Waals surface area contributed by atoms with Gasteiger partial charge < -0.3 is 4.90 Å². The highest BCUT2D eigenvalue weighted by Gasteiger charge is 2.03. The lowest BCUT2D eigenvalue weighted by Crippen LogP contribution is -2.17. The van der Waals surface area contributed by atoms with Crippen LogP contribution in [0.25, 0.3) is 0 Å². The fourth-order valence-electron chi connectivity index (χ4n) is 1.64. The van der Waals surface area contributed by atoms with Crippen molar-refractivity contribution in [2.24, 2.45) is 0 Å². The van der Waals surface area contributed by atoms with Gasteiger partial charge in [-0.15, -0.1) is 0 Å². The Balaban J connectivity index is 2.15. The third-order valence-electron chi connectivity index (χ3n) is 2.54. The molecule has 3 heteroatoms. The zero-order chi connectivity index (χ0) is 12.1. The first kappa shape index (κ1) is 11.2. The molecule has 2 rings (SSSR count). The summed E-state index contributed by atoms with van der Waals surface area (Å²) < 4.78 is 0. The predicted molar refractivity (Wildman–Crippen MR) is 67.5 cm³/mol. The quantitative estimate of drug-likeness (QED) is 0.803. The van der Waals surface area contributed by atoms with Crippen LogP contribution >= 0.6 is 0 Å². The number of rotatable bonds is 3. The molecule has 0 aliphatic rings. The van der Waals surface area contributed by atoms with E-state index in [-0.39, 0.29) is 0 Å². The van der Waals surface area contributed by atoms with E-state index in [0.717, 1.165) is 17.9 Å². The number of aromatic nitrogens is 1. The normalized spacial score (nSPS) is 9.65. The van der Waals surface area contributed by atoms with Crippen molar-refractivity contribution in [3.05, 3.63) is 59.9 Å². The van der Waals surface area contributed by atoms with Gasteiger partial charge in [0, 0.05) is 18.9 Å². The van der Waals surface area contributed by atoms with Crippen molar-refractivity contribution in [3.63, 3.8) is 0 Å². The summed E-state index contributed by atoms with van der Waals surface area (Å²) in [6.07, 6.45) is 1.79. The lowest BCUT2D eigenvalue weighted by Gasteiger charge is -2.18. The Kier molecular flexibility index (Phi) is 3.37. The molecule has 84 valence electrons. The average Bonchev–Trinajstić information content (AvgIpc) is 2.40. The number of hydrogen-bond donors (Lipinski definition) is 0. The van der Waals surface area contributed by atoms with Crippen molar-refractivity contribution < 1.29 is 0 Å². The molecule has 1 heterocycles. The lowest BCUT2D eigenvalue weighted by molar-refractivity contribution is 0.885.